The average molecular weight is 239 g/mol. The van der Waals surface area contributed by atoms with Crippen LogP contribution in [0.25, 0.3) is 0 Å². The van der Waals surface area contributed by atoms with Crippen LogP contribution in [0.15, 0.2) is 12.2 Å². The summed E-state index contributed by atoms with van der Waals surface area (Å²) < 4.78 is 0. The molecule has 0 rings (SSSR count). The normalized spacial score (nSPS) is 14.2. The fourth-order valence-corrected chi connectivity index (χ4v) is 1.76. The monoisotopic (exact) mass is 239 g/mol. The van der Waals surface area contributed by atoms with Gasteiger partial charge >= 0.3 is 0 Å². The van der Waals surface area contributed by atoms with E-state index in [2.05, 4.69) is 45.2 Å². The average Bonchev–Trinajstić information content (AvgIpc) is 2.20. The van der Waals surface area contributed by atoms with E-state index in [1.165, 1.54) is 0 Å². The van der Waals surface area contributed by atoms with Gasteiger partial charge in [0.05, 0.1) is 0 Å². The second-order valence-electron chi connectivity index (χ2n) is 5.78. The lowest BCUT2D eigenvalue weighted by Gasteiger charge is -2.16. The van der Waals surface area contributed by atoms with Crippen LogP contribution < -0.4 is 5.32 Å². The molecule has 2 heteroatoms. The number of allylic oxidation sites excluding steroid dienone is 1. The van der Waals surface area contributed by atoms with Gasteiger partial charge in [0, 0.05) is 24.4 Å². The summed E-state index contributed by atoms with van der Waals surface area (Å²) >= 11 is 0. The molecule has 0 aromatic carbocycles. The molecular formula is C15H29NO. The second kappa shape index (κ2) is 8.46. The predicted octanol–water partition coefficient (Wildman–Crippen LogP) is 3.43. The Bertz CT molecular complexity index is 241. The van der Waals surface area contributed by atoms with Gasteiger partial charge in [0.2, 0.25) is 0 Å². The first-order chi connectivity index (χ1) is 7.84. The molecule has 0 fully saturated rings. The highest BCUT2D eigenvalue weighted by atomic mass is 16.1. The van der Waals surface area contributed by atoms with Gasteiger partial charge in [-0.1, -0.05) is 53.7 Å². The molecule has 1 N–H and O–H groups in total. The number of hydrogen-bond donors (Lipinski definition) is 1. The van der Waals surface area contributed by atoms with E-state index in [0.29, 0.717) is 17.7 Å². The molecule has 0 aliphatic heterocycles. The van der Waals surface area contributed by atoms with Crippen molar-refractivity contribution in [3.05, 3.63) is 12.2 Å². The van der Waals surface area contributed by atoms with E-state index >= 15 is 0 Å². The quantitative estimate of drug-likeness (QED) is 0.658. The van der Waals surface area contributed by atoms with Crippen LogP contribution in [0.4, 0.5) is 0 Å². The van der Waals surface area contributed by atoms with Crippen molar-refractivity contribution in [2.24, 2.45) is 17.8 Å². The smallest absolute Gasteiger partial charge is 0.142 e. The Morgan fingerprint density at radius 1 is 1.12 bits per heavy atom. The molecular weight excluding hydrogens is 210 g/mol. The maximum Gasteiger partial charge on any atom is 0.142 e. The van der Waals surface area contributed by atoms with E-state index in [9.17, 15) is 4.79 Å². The maximum absolute atomic E-state index is 12.0. The van der Waals surface area contributed by atoms with Crippen molar-refractivity contribution >= 4 is 5.78 Å². The van der Waals surface area contributed by atoms with Crippen LogP contribution in [0.3, 0.4) is 0 Å². The highest BCUT2D eigenvalue weighted by molar-refractivity contribution is 5.84. The fourth-order valence-electron chi connectivity index (χ4n) is 1.76. The fraction of sp³-hybridized carbons (Fsp3) is 0.800. The van der Waals surface area contributed by atoms with Crippen molar-refractivity contribution < 1.29 is 4.79 Å². The maximum atomic E-state index is 12.0. The molecule has 100 valence electrons. The Morgan fingerprint density at radius 2 is 1.71 bits per heavy atom. The predicted molar refractivity (Wildman–Crippen MR) is 75.1 cm³/mol. The third-order valence-corrected chi connectivity index (χ3v) is 2.67. The Kier molecular flexibility index (Phi) is 8.15. The Balaban J connectivity index is 4.33. The zero-order valence-corrected chi connectivity index (χ0v) is 12.3. The van der Waals surface area contributed by atoms with Gasteiger partial charge in [-0.25, -0.2) is 0 Å². The summed E-state index contributed by atoms with van der Waals surface area (Å²) in [5.74, 6) is 1.13. The second-order valence-corrected chi connectivity index (χ2v) is 5.78. The minimum atomic E-state index is 0.0870. The van der Waals surface area contributed by atoms with Crippen LogP contribution in [0.1, 0.15) is 48.0 Å². The summed E-state index contributed by atoms with van der Waals surface area (Å²) in [4.78, 5) is 12.0. The van der Waals surface area contributed by atoms with Crippen LogP contribution in [-0.2, 0) is 4.79 Å². The summed E-state index contributed by atoms with van der Waals surface area (Å²) in [6.45, 7) is 13.4. The summed E-state index contributed by atoms with van der Waals surface area (Å²) in [6.07, 6.45) is 5.13. The van der Waals surface area contributed by atoms with Crippen molar-refractivity contribution in [2.75, 3.05) is 6.54 Å². The SMILES string of the molecule is CC(C)C[C@H](/C=C/CNC(C)C)C(=O)C(C)C. The number of carbonyl (C=O) groups excluding carboxylic acids is 1. The zero-order valence-electron chi connectivity index (χ0n) is 12.3. The van der Waals surface area contributed by atoms with E-state index < -0.39 is 0 Å². The first-order valence-electron chi connectivity index (χ1n) is 6.78. The number of Topliss-reactive ketones (excluding diaryl/α,β-unsaturated/α-hetero) is 1. The molecule has 0 unspecified atom stereocenters. The van der Waals surface area contributed by atoms with Crippen LogP contribution in [-0.4, -0.2) is 18.4 Å². The number of hydrogen-bond acceptors (Lipinski definition) is 2. The van der Waals surface area contributed by atoms with Crippen molar-refractivity contribution in [3.63, 3.8) is 0 Å². The summed E-state index contributed by atoms with van der Waals surface area (Å²) in [7, 11) is 0. The first-order valence-corrected chi connectivity index (χ1v) is 6.78. The van der Waals surface area contributed by atoms with Gasteiger partial charge in [-0.15, -0.1) is 0 Å². The number of carbonyl (C=O) groups is 1. The van der Waals surface area contributed by atoms with Gasteiger partial charge in [-0.05, 0) is 12.3 Å². The van der Waals surface area contributed by atoms with Crippen molar-refractivity contribution in [1.29, 1.82) is 0 Å². The topological polar surface area (TPSA) is 29.1 Å². The lowest BCUT2D eigenvalue weighted by Crippen LogP contribution is -2.23. The minimum absolute atomic E-state index is 0.0870. The van der Waals surface area contributed by atoms with Crippen LogP contribution >= 0.6 is 0 Å². The molecule has 0 spiro atoms. The lowest BCUT2D eigenvalue weighted by atomic mass is 9.88. The number of nitrogens with one attached hydrogen (secondary N) is 1. The lowest BCUT2D eigenvalue weighted by molar-refractivity contribution is -0.124. The number of rotatable bonds is 8. The van der Waals surface area contributed by atoms with E-state index in [1.54, 1.807) is 0 Å². The van der Waals surface area contributed by atoms with Crippen molar-refractivity contribution in [2.45, 2.75) is 54.0 Å². The van der Waals surface area contributed by atoms with Gasteiger partial charge in [0.1, 0.15) is 5.78 Å². The summed E-state index contributed by atoms with van der Waals surface area (Å²) in [5.41, 5.74) is 0. The number of ketones is 1. The van der Waals surface area contributed by atoms with Gasteiger partial charge in [0.25, 0.3) is 0 Å². The highest BCUT2D eigenvalue weighted by Crippen LogP contribution is 2.18. The van der Waals surface area contributed by atoms with Crippen LogP contribution in [0.5, 0.6) is 0 Å². The molecule has 17 heavy (non-hydrogen) atoms. The third kappa shape index (κ3) is 8.14. The molecule has 0 radical (unpaired) electrons. The van der Waals surface area contributed by atoms with E-state index in [-0.39, 0.29) is 11.8 Å². The van der Waals surface area contributed by atoms with Crippen LogP contribution in [0, 0.1) is 17.8 Å². The summed E-state index contributed by atoms with van der Waals surface area (Å²) in [6, 6.07) is 0.490. The van der Waals surface area contributed by atoms with Crippen LogP contribution in [0.2, 0.25) is 0 Å². The molecule has 0 aromatic rings. The third-order valence-electron chi connectivity index (χ3n) is 2.67. The molecule has 0 amide bonds. The molecule has 0 saturated carbocycles. The van der Waals surface area contributed by atoms with Crippen molar-refractivity contribution in [3.8, 4) is 0 Å². The van der Waals surface area contributed by atoms with E-state index in [1.807, 2.05) is 13.8 Å². The Hall–Kier alpha value is -0.630. The zero-order chi connectivity index (χ0) is 13.4. The summed E-state index contributed by atoms with van der Waals surface area (Å²) in [5, 5.41) is 3.32. The standard InChI is InChI=1S/C15H29NO/c1-11(2)10-14(15(17)12(3)4)8-7-9-16-13(5)6/h7-8,11-14,16H,9-10H2,1-6H3/b8-7+/t14-/m0/s1. The largest absolute Gasteiger partial charge is 0.311 e. The Morgan fingerprint density at radius 3 is 2.12 bits per heavy atom. The molecule has 0 aliphatic carbocycles. The van der Waals surface area contributed by atoms with Gasteiger partial charge in [-0.3, -0.25) is 4.79 Å². The molecule has 1 atom stereocenters. The molecule has 0 bridgehead atoms. The van der Waals surface area contributed by atoms with E-state index in [0.717, 1.165) is 13.0 Å². The van der Waals surface area contributed by atoms with E-state index in [4.69, 9.17) is 0 Å². The van der Waals surface area contributed by atoms with Crippen molar-refractivity contribution in [1.82, 2.24) is 5.32 Å². The molecule has 0 saturated heterocycles. The van der Waals surface area contributed by atoms with Gasteiger partial charge in [0.15, 0.2) is 0 Å². The molecule has 0 heterocycles. The minimum Gasteiger partial charge on any atom is -0.311 e. The molecule has 2 nitrogen and oxygen atoms in total. The first kappa shape index (κ1) is 16.4. The van der Waals surface area contributed by atoms with Gasteiger partial charge in [-0.2, -0.15) is 0 Å². The van der Waals surface area contributed by atoms with Gasteiger partial charge < -0.3 is 5.32 Å². The molecule has 0 aromatic heterocycles. The Labute approximate surface area is 107 Å². The highest BCUT2D eigenvalue weighted by Gasteiger charge is 2.19. The molecule has 0 aliphatic rings.